The van der Waals surface area contributed by atoms with Crippen LogP contribution in [0, 0.1) is 19.8 Å². The third-order valence-electron chi connectivity index (χ3n) is 3.76. The molecule has 1 fully saturated rings. The summed E-state index contributed by atoms with van der Waals surface area (Å²) in [7, 11) is -3.77. The first kappa shape index (κ1) is 15.5. The Labute approximate surface area is 134 Å². The monoisotopic (exact) mass is 335 g/mol. The lowest BCUT2D eigenvalue weighted by molar-refractivity contribution is -0.117. The molecule has 0 radical (unpaired) electrons. The van der Waals surface area contributed by atoms with Crippen LogP contribution in [0.3, 0.4) is 0 Å². The van der Waals surface area contributed by atoms with Gasteiger partial charge in [-0.2, -0.15) is 0 Å². The number of aryl methyl sites for hydroxylation is 1. The minimum Gasteiger partial charge on any atom is -0.337 e. The van der Waals surface area contributed by atoms with Gasteiger partial charge in [-0.25, -0.2) is 13.1 Å². The predicted octanol–water partition coefficient (Wildman–Crippen LogP) is 2.44. The van der Waals surface area contributed by atoms with Gasteiger partial charge in [-0.05, 0) is 51.0 Å². The number of nitrogens with zero attached hydrogens (tertiary/aromatic N) is 1. The van der Waals surface area contributed by atoms with Crippen molar-refractivity contribution in [2.45, 2.75) is 31.6 Å². The van der Waals surface area contributed by atoms with Crippen LogP contribution in [0.5, 0.6) is 0 Å². The summed E-state index contributed by atoms with van der Waals surface area (Å²) in [4.78, 5) is 11.8. The molecular weight excluding hydrogens is 318 g/mol. The van der Waals surface area contributed by atoms with Crippen LogP contribution in [0.15, 0.2) is 33.7 Å². The van der Waals surface area contributed by atoms with Crippen LogP contribution < -0.4 is 10.0 Å². The van der Waals surface area contributed by atoms with Gasteiger partial charge in [-0.15, -0.1) is 0 Å². The third-order valence-corrected chi connectivity index (χ3v) is 5.11. The van der Waals surface area contributed by atoms with Crippen LogP contribution in [0.4, 0.5) is 11.6 Å². The van der Waals surface area contributed by atoms with Crippen molar-refractivity contribution >= 4 is 27.5 Å². The first-order chi connectivity index (χ1) is 10.9. The molecule has 0 spiro atoms. The van der Waals surface area contributed by atoms with Crippen molar-refractivity contribution in [3.05, 3.63) is 35.5 Å². The van der Waals surface area contributed by atoms with Crippen molar-refractivity contribution in [1.82, 2.24) is 5.16 Å². The fourth-order valence-electron chi connectivity index (χ4n) is 2.00. The summed E-state index contributed by atoms with van der Waals surface area (Å²) in [5.41, 5.74) is 1.84. The molecule has 0 aliphatic heterocycles. The van der Waals surface area contributed by atoms with Crippen molar-refractivity contribution in [1.29, 1.82) is 0 Å². The number of hydrogen-bond donors (Lipinski definition) is 2. The molecule has 0 saturated heterocycles. The van der Waals surface area contributed by atoms with E-state index in [1.807, 2.05) is 0 Å². The average Bonchev–Trinajstić information content (AvgIpc) is 3.31. The van der Waals surface area contributed by atoms with E-state index in [-0.39, 0.29) is 22.6 Å². The summed E-state index contributed by atoms with van der Waals surface area (Å²) in [5.74, 6) is 0.179. The third kappa shape index (κ3) is 3.37. The largest absolute Gasteiger partial charge is 0.337 e. The summed E-state index contributed by atoms with van der Waals surface area (Å²) in [5, 5.41) is 6.48. The van der Waals surface area contributed by atoms with Gasteiger partial charge in [-0.3, -0.25) is 4.79 Å². The zero-order chi connectivity index (χ0) is 16.6. The Kier molecular flexibility index (Phi) is 3.85. The number of hydrogen-bond acceptors (Lipinski definition) is 5. The van der Waals surface area contributed by atoms with E-state index in [0.717, 1.165) is 12.8 Å². The summed E-state index contributed by atoms with van der Waals surface area (Å²) in [6.07, 6.45) is 1.83. The molecule has 0 bridgehead atoms. The molecule has 0 unspecified atom stereocenters. The molecule has 2 N–H and O–H groups in total. The molecule has 8 heteroatoms. The van der Waals surface area contributed by atoms with E-state index in [1.165, 1.54) is 12.1 Å². The highest BCUT2D eigenvalue weighted by Gasteiger charge is 2.29. The van der Waals surface area contributed by atoms with Gasteiger partial charge >= 0.3 is 0 Å². The molecule has 3 rings (SSSR count). The molecule has 1 amide bonds. The molecule has 1 aliphatic rings. The zero-order valence-electron chi connectivity index (χ0n) is 12.8. The van der Waals surface area contributed by atoms with Crippen molar-refractivity contribution in [3.8, 4) is 0 Å². The van der Waals surface area contributed by atoms with E-state index < -0.39 is 10.0 Å². The summed E-state index contributed by atoms with van der Waals surface area (Å²) < 4.78 is 32.0. The molecule has 122 valence electrons. The summed E-state index contributed by atoms with van der Waals surface area (Å²) >= 11 is 0. The molecule has 1 aromatic carbocycles. The predicted molar refractivity (Wildman–Crippen MR) is 84.6 cm³/mol. The van der Waals surface area contributed by atoms with Gasteiger partial charge in [0.05, 0.1) is 10.6 Å². The minimum atomic E-state index is -3.77. The van der Waals surface area contributed by atoms with Crippen molar-refractivity contribution < 1.29 is 17.7 Å². The van der Waals surface area contributed by atoms with Gasteiger partial charge in [0.25, 0.3) is 10.0 Å². The smallest absolute Gasteiger partial charge is 0.264 e. The fourth-order valence-corrected chi connectivity index (χ4v) is 3.05. The van der Waals surface area contributed by atoms with E-state index in [9.17, 15) is 13.2 Å². The zero-order valence-corrected chi connectivity index (χ0v) is 13.6. The number of nitrogens with one attached hydrogen (secondary N) is 2. The Hall–Kier alpha value is -2.35. The lowest BCUT2D eigenvalue weighted by Crippen LogP contribution is -2.15. The van der Waals surface area contributed by atoms with Crippen molar-refractivity contribution in [2.24, 2.45) is 5.92 Å². The molecule has 2 aromatic rings. The van der Waals surface area contributed by atoms with E-state index >= 15 is 0 Å². The maximum atomic E-state index is 12.3. The minimum absolute atomic E-state index is 0.0218. The molecule has 7 nitrogen and oxygen atoms in total. The Morgan fingerprint density at radius 1 is 1.22 bits per heavy atom. The Balaban J connectivity index is 1.74. The van der Waals surface area contributed by atoms with E-state index in [0.29, 0.717) is 16.9 Å². The maximum absolute atomic E-state index is 12.3. The molecule has 23 heavy (non-hydrogen) atoms. The number of aromatic nitrogens is 1. The highest BCUT2D eigenvalue weighted by molar-refractivity contribution is 7.92. The first-order valence-electron chi connectivity index (χ1n) is 7.23. The lowest BCUT2D eigenvalue weighted by atomic mass is 10.3. The van der Waals surface area contributed by atoms with E-state index in [1.54, 1.807) is 26.0 Å². The van der Waals surface area contributed by atoms with E-state index in [2.05, 4.69) is 15.2 Å². The lowest BCUT2D eigenvalue weighted by Gasteiger charge is -2.08. The van der Waals surface area contributed by atoms with Crippen molar-refractivity contribution in [3.63, 3.8) is 0 Å². The molecule has 1 heterocycles. The molecule has 1 aliphatic carbocycles. The Bertz CT molecular complexity index is 836. The van der Waals surface area contributed by atoms with Crippen LogP contribution in [0.2, 0.25) is 0 Å². The number of anilines is 2. The van der Waals surface area contributed by atoms with Crippen LogP contribution >= 0.6 is 0 Å². The van der Waals surface area contributed by atoms with Crippen LogP contribution in [0.1, 0.15) is 24.1 Å². The van der Waals surface area contributed by atoms with Crippen molar-refractivity contribution in [2.75, 3.05) is 10.0 Å². The van der Waals surface area contributed by atoms with Gasteiger partial charge in [0.2, 0.25) is 11.8 Å². The summed E-state index contributed by atoms with van der Waals surface area (Å²) in [6, 6.07) is 5.99. The first-order valence-corrected chi connectivity index (χ1v) is 8.72. The summed E-state index contributed by atoms with van der Waals surface area (Å²) in [6.45, 7) is 3.45. The van der Waals surface area contributed by atoms with Gasteiger partial charge in [0, 0.05) is 17.2 Å². The van der Waals surface area contributed by atoms with Gasteiger partial charge in [-0.1, -0.05) is 5.16 Å². The molecule has 1 aromatic heterocycles. The number of sulfonamides is 1. The van der Waals surface area contributed by atoms with Crippen LogP contribution in [-0.2, 0) is 14.8 Å². The van der Waals surface area contributed by atoms with E-state index in [4.69, 9.17) is 4.52 Å². The normalized spacial score (nSPS) is 14.5. The van der Waals surface area contributed by atoms with Crippen LogP contribution in [0.25, 0.3) is 0 Å². The number of rotatable bonds is 5. The second-order valence-corrected chi connectivity index (χ2v) is 7.30. The number of benzene rings is 1. The average molecular weight is 335 g/mol. The van der Waals surface area contributed by atoms with Gasteiger partial charge in [0.15, 0.2) is 0 Å². The Morgan fingerprint density at radius 3 is 2.39 bits per heavy atom. The maximum Gasteiger partial charge on any atom is 0.264 e. The number of carbonyl (C=O) groups is 1. The highest BCUT2D eigenvalue weighted by Crippen LogP contribution is 2.30. The Morgan fingerprint density at radius 2 is 1.87 bits per heavy atom. The standard InChI is InChI=1S/C15H17N3O4S/c1-9-10(2)17-22-15(9)18-23(20,21)13-7-5-12(6-8-13)16-14(19)11-3-4-11/h5-8,11,18H,3-4H2,1-2H3,(H,16,19). The molecular formula is C15H17N3O4S. The van der Waals surface area contributed by atoms with Gasteiger partial charge in [0.1, 0.15) is 0 Å². The van der Waals surface area contributed by atoms with Crippen LogP contribution in [-0.4, -0.2) is 19.5 Å². The fraction of sp³-hybridized carbons (Fsp3) is 0.333. The number of amides is 1. The molecule has 0 atom stereocenters. The number of carbonyl (C=O) groups excluding carboxylic acids is 1. The second kappa shape index (κ2) is 5.69. The molecule has 1 saturated carbocycles. The quantitative estimate of drug-likeness (QED) is 0.874. The highest BCUT2D eigenvalue weighted by atomic mass is 32.2. The van der Waals surface area contributed by atoms with Gasteiger partial charge < -0.3 is 9.84 Å². The second-order valence-electron chi connectivity index (χ2n) is 5.62. The topological polar surface area (TPSA) is 101 Å². The SMILES string of the molecule is Cc1noc(NS(=O)(=O)c2ccc(NC(=O)C3CC3)cc2)c1C.